The molecule has 0 aromatic heterocycles. The molecule has 4 N–H and O–H groups in total. The van der Waals surface area contributed by atoms with Gasteiger partial charge in [0.05, 0.1) is 23.7 Å². The summed E-state index contributed by atoms with van der Waals surface area (Å²) >= 11 is 5.90. The highest BCUT2D eigenvalue weighted by Gasteiger charge is 2.33. The number of rotatable bonds is 8. The van der Waals surface area contributed by atoms with E-state index < -0.39 is 26.0 Å². The van der Waals surface area contributed by atoms with Gasteiger partial charge in [0.15, 0.2) is 0 Å². The fourth-order valence-corrected chi connectivity index (χ4v) is 5.30. The van der Waals surface area contributed by atoms with Crippen LogP contribution < -0.4 is 14.6 Å². The highest BCUT2D eigenvalue weighted by molar-refractivity contribution is 7.90. The first-order chi connectivity index (χ1) is 18.0. The third kappa shape index (κ3) is 7.14. The maximum absolute atomic E-state index is 13.6. The second kappa shape index (κ2) is 11.6. The summed E-state index contributed by atoms with van der Waals surface area (Å²) in [5, 5.41) is 11.4. The van der Waals surface area contributed by atoms with Gasteiger partial charge in [0, 0.05) is 17.5 Å². The number of hydrogen-bond acceptors (Lipinski definition) is 6. The van der Waals surface area contributed by atoms with Gasteiger partial charge in [-0.1, -0.05) is 54.1 Å². The first-order valence-electron chi connectivity index (χ1n) is 11.3. The first-order valence-corrected chi connectivity index (χ1v) is 14.7. The lowest BCUT2D eigenvalue weighted by atomic mass is 9.91. The molecule has 200 valence electrons. The number of sulfonamides is 1. The fraction of sp³-hybridized carbons (Fsp3) is 0.167. The maximum Gasteiger partial charge on any atom is 0.274 e. The van der Waals surface area contributed by atoms with Crippen LogP contribution in [-0.4, -0.2) is 53.2 Å². The molecule has 0 spiro atoms. The lowest BCUT2D eigenvalue weighted by Gasteiger charge is -2.20. The Balaban J connectivity index is 1.71. The number of nitrogens with zero attached hydrogens (tertiary/aromatic N) is 3. The second-order valence-electron chi connectivity index (χ2n) is 8.24. The summed E-state index contributed by atoms with van der Waals surface area (Å²) in [7, 11) is -8.07. The van der Waals surface area contributed by atoms with Crippen molar-refractivity contribution in [3.05, 3.63) is 101 Å². The molecule has 0 saturated heterocycles. The molecule has 1 heterocycles. The number of aliphatic imine (C=N–C) groups is 1. The molecule has 1 atom stereocenters. The number of hydrazone groups is 1. The Bertz CT molecular complexity index is 1550. The van der Waals surface area contributed by atoms with Crippen LogP contribution in [0.2, 0.25) is 5.02 Å². The van der Waals surface area contributed by atoms with Crippen LogP contribution in [0.4, 0.5) is 4.39 Å². The molecule has 0 aliphatic carbocycles. The van der Waals surface area contributed by atoms with Crippen LogP contribution >= 0.6 is 11.6 Å². The Morgan fingerprint density at radius 1 is 1.03 bits per heavy atom. The number of benzene rings is 3. The van der Waals surface area contributed by atoms with Crippen LogP contribution in [-0.2, 0) is 20.2 Å². The predicted molar refractivity (Wildman–Crippen MR) is 144 cm³/mol. The molecule has 0 bridgehead atoms. The van der Waals surface area contributed by atoms with Crippen LogP contribution in [0.3, 0.4) is 0 Å². The summed E-state index contributed by atoms with van der Waals surface area (Å²) in [5.74, 6) is -0.829. The standard InChI is InChI=1S/C24H24ClFN6O4S2/c25-19-8-12-21(13-9-19)37(33,34)31-24(28-14-15-29-38(27,35)36)32-16-22(17-4-2-1-3-5-17)23(30-32)18-6-10-20(26)11-7-18/h1-13,22,29H,14-16H2,(H,28,31)(H2,27,35,36)/t22-/m0/s1. The highest BCUT2D eigenvalue weighted by atomic mass is 35.5. The van der Waals surface area contributed by atoms with Gasteiger partial charge in [-0.2, -0.15) is 13.5 Å². The predicted octanol–water partition coefficient (Wildman–Crippen LogP) is 2.41. The van der Waals surface area contributed by atoms with Gasteiger partial charge in [-0.3, -0.25) is 0 Å². The minimum Gasteiger partial charge on any atom is -0.249 e. The van der Waals surface area contributed by atoms with E-state index in [-0.39, 0.29) is 36.4 Å². The van der Waals surface area contributed by atoms with Crippen LogP contribution in [0, 0.1) is 5.82 Å². The zero-order valence-electron chi connectivity index (χ0n) is 19.8. The van der Waals surface area contributed by atoms with E-state index in [1.807, 2.05) is 30.3 Å². The van der Waals surface area contributed by atoms with Crippen molar-refractivity contribution in [2.45, 2.75) is 10.8 Å². The van der Waals surface area contributed by atoms with Gasteiger partial charge in [-0.25, -0.2) is 37.4 Å². The molecular weight excluding hydrogens is 555 g/mol. The van der Waals surface area contributed by atoms with Crippen molar-refractivity contribution < 1.29 is 21.2 Å². The molecule has 0 radical (unpaired) electrons. The average molecular weight is 579 g/mol. The molecular formula is C24H24ClFN6O4S2. The summed E-state index contributed by atoms with van der Waals surface area (Å²) in [4.78, 5) is 4.23. The van der Waals surface area contributed by atoms with Crippen LogP contribution in [0.5, 0.6) is 0 Å². The summed E-state index contributed by atoms with van der Waals surface area (Å²) in [5.41, 5.74) is 2.14. The fourth-order valence-electron chi connectivity index (χ4n) is 3.77. The van der Waals surface area contributed by atoms with Crippen molar-refractivity contribution in [1.82, 2.24) is 14.5 Å². The first kappa shape index (κ1) is 27.7. The molecule has 1 aliphatic rings. The number of nitrogens with two attached hydrogens (primary N) is 1. The van der Waals surface area contributed by atoms with E-state index in [9.17, 15) is 21.2 Å². The summed E-state index contributed by atoms with van der Waals surface area (Å²) in [6.45, 7) is -0.0976. The van der Waals surface area contributed by atoms with Crippen LogP contribution in [0.15, 0.2) is 93.9 Å². The largest absolute Gasteiger partial charge is 0.274 e. The summed E-state index contributed by atoms with van der Waals surface area (Å²) in [6.07, 6.45) is 0. The van der Waals surface area contributed by atoms with E-state index >= 15 is 0 Å². The SMILES string of the molecule is NS(=O)(=O)NCC/N=C(/NS(=O)(=O)c1ccc(Cl)cc1)N1C[C@@H](c2ccccc2)C(c2ccc(F)cc2)=N1. The zero-order valence-corrected chi connectivity index (χ0v) is 22.2. The van der Waals surface area contributed by atoms with Crippen molar-refractivity contribution in [1.29, 1.82) is 0 Å². The summed E-state index contributed by atoms with van der Waals surface area (Å²) < 4.78 is 67.0. The topological polar surface area (TPSA) is 146 Å². The Labute approximate surface area is 225 Å². The minimum atomic E-state index is -4.11. The van der Waals surface area contributed by atoms with Gasteiger partial charge >= 0.3 is 0 Å². The minimum absolute atomic E-state index is 0.0567. The van der Waals surface area contributed by atoms with E-state index in [0.29, 0.717) is 16.3 Å². The molecule has 0 saturated carbocycles. The molecule has 3 aromatic carbocycles. The van der Waals surface area contributed by atoms with Gasteiger partial charge in [0.1, 0.15) is 5.82 Å². The third-order valence-electron chi connectivity index (χ3n) is 5.53. The molecule has 0 unspecified atom stereocenters. The van der Waals surface area contributed by atoms with Crippen molar-refractivity contribution in [2.24, 2.45) is 15.2 Å². The van der Waals surface area contributed by atoms with E-state index in [4.69, 9.17) is 16.7 Å². The summed E-state index contributed by atoms with van der Waals surface area (Å²) in [6, 6.07) is 20.8. The molecule has 0 fully saturated rings. The number of hydrogen-bond donors (Lipinski definition) is 3. The quantitative estimate of drug-likeness (QED) is 0.213. The van der Waals surface area contributed by atoms with Crippen LogP contribution in [0.25, 0.3) is 0 Å². The second-order valence-corrected chi connectivity index (χ2v) is 11.7. The van der Waals surface area contributed by atoms with Gasteiger partial charge in [-0.05, 0) is 47.5 Å². The smallest absolute Gasteiger partial charge is 0.249 e. The van der Waals surface area contributed by atoms with E-state index in [0.717, 1.165) is 5.56 Å². The van der Waals surface area contributed by atoms with Crippen molar-refractivity contribution in [3.63, 3.8) is 0 Å². The molecule has 1 aliphatic heterocycles. The Kier molecular flexibility index (Phi) is 8.43. The number of nitrogens with one attached hydrogen (secondary N) is 2. The number of guanidine groups is 1. The molecule has 38 heavy (non-hydrogen) atoms. The van der Waals surface area contributed by atoms with Gasteiger partial charge in [0.2, 0.25) is 5.96 Å². The molecule has 10 nitrogen and oxygen atoms in total. The Hall–Kier alpha value is -3.36. The maximum atomic E-state index is 13.6. The Morgan fingerprint density at radius 2 is 1.68 bits per heavy atom. The Morgan fingerprint density at radius 3 is 2.32 bits per heavy atom. The van der Waals surface area contributed by atoms with E-state index in [1.54, 1.807) is 12.1 Å². The normalized spacial score (nSPS) is 16.4. The van der Waals surface area contributed by atoms with Crippen molar-refractivity contribution in [3.8, 4) is 0 Å². The molecule has 0 amide bonds. The van der Waals surface area contributed by atoms with Crippen molar-refractivity contribution in [2.75, 3.05) is 19.6 Å². The van der Waals surface area contributed by atoms with E-state index in [1.165, 1.54) is 41.4 Å². The highest BCUT2D eigenvalue weighted by Crippen LogP contribution is 2.29. The zero-order chi connectivity index (χ0) is 27.3. The average Bonchev–Trinajstić information content (AvgIpc) is 3.32. The van der Waals surface area contributed by atoms with E-state index in [2.05, 4.69) is 19.5 Å². The van der Waals surface area contributed by atoms with Crippen molar-refractivity contribution >= 4 is 43.5 Å². The lowest BCUT2D eigenvalue weighted by Crippen LogP contribution is -2.42. The third-order valence-corrected chi connectivity index (χ3v) is 7.73. The monoisotopic (exact) mass is 578 g/mol. The molecule has 4 rings (SSSR count). The number of halogens is 2. The van der Waals surface area contributed by atoms with Crippen LogP contribution in [0.1, 0.15) is 17.0 Å². The molecule has 14 heteroatoms. The molecule has 3 aromatic rings. The van der Waals surface area contributed by atoms with Gasteiger partial charge in [0.25, 0.3) is 20.2 Å². The van der Waals surface area contributed by atoms with Gasteiger partial charge in [-0.15, -0.1) is 0 Å². The van der Waals surface area contributed by atoms with Gasteiger partial charge < -0.3 is 0 Å². The lowest BCUT2D eigenvalue weighted by molar-refractivity contribution is 0.460.